The second-order valence-corrected chi connectivity index (χ2v) is 5.26. The fourth-order valence-corrected chi connectivity index (χ4v) is 3.12. The number of rotatable bonds is 5. The molecule has 1 aromatic carbocycles. The molecule has 1 aliphatic heterocycles. The maximum Gasteiger partial charge on any atom is 0.161 e. The first-order valence-electron chi connectivity index (χ1n) is 6.68. The van der Waals surface area contributed by atoms with E-state index in [4.69, 9.17) is 25.8 Å². The average molecular weight is 285 g/mol. The molecular formula is C15H21ClO3. The van der Waals surface area contributed by atoms with Crippen molar-refractivity contribution in [3.05, 3.63) is 23.8 Å². The number of hydrogen-bond acceptors (Lipinski definition) is 3. The number of benzene rings is 1. The predicted octanol–water partition coefficient (Wildman–Crippen LogP) is 3.80. The molecule has 3 nitrogen and oxygen atoms in total. The van der Waals surface area contributed by atoms with Crippen LogP contribution in [0.3, 0.4) is 0 Å². The van der Waals surface area contributed by atoms with Crippen molar-refractivity contribution in [3.8, 4) is 11.5 Å². The van der Waals surface area contributed by atoms with Crippen LogP contribution in [0.15, 0.2) is 18.2 Å². The summed E-state index contributed by atoms with van der Waals surface area (Å²) in [4.78, 5) is 0. The Balaban J connectivity index is 2.21. The highest BCUT2D eigenvalue weighted by atomic mass is 35.5. The highest BCUT2D eigenvalue weighted by molar-refractivity contribution is 6.21. The molecular weight excluding hydrogens is 264 g/mol. The summed E-state index contributed by atoms with van der Waals surface area (Å²) in [5.41, 5.74) is 1.06. The Kier molecular flexibility index (Phi) is 4.94. The minimum Gasteiger partial charge on any atom is -0.493 e. The number of hydrogen-bond donors (Lipinski definition) is 0. The number of ether oxygens (including phenoxy) is 3. The highest BCUT2D eigenvalue weighted by Crippen LogP contribution is 2.41. The summed E-state index contributed by atoms with van der Waals surface area (Å²) < 4.78 is 16.3. The molecule has 4 heteroatoms. The Hall–Kier alpha value is -0.930. The predicted molar refractivity (Wildman–Crippen MR) is 76.3 cm³/mol. The molecule has 106 valence electrons. The van der Waals surface area contributed by atoms with Gasteiger partial charge in [-0.25, -0.2) is 0 Å². The van der Waals surface area contributed by atoms with Crippen LogP contribution in [-0.2, 0) is 4.74 Å². The Morgan fingerprint density at radius 1 is 1.32 bits per heavy atom. The zero-order valence-electron chi connectivity index (χ0n) is 11.7. The Morgan fingerprint density at radius 3 is 2.68 bits per heavy atom. The maximum absolute atomic E-state index is 6.63. The lowest BCUT2D eigenvalue weighted by Gasteiger charge is -2.23. The van der Waals surface area contributed by atoms with Gasteiger partial charge in [-0.3, -0.25) is 0 Å². The third-order valence-corrected chi connectivity index (χ3v) is 4.34. The van der Waals surface area contributed by atoms with Crippen molar-refractivity contribution in [2.24, 2.45) is 5.92 Å². The van der Waals surface area contributed by atoms with Gasteiger partial charge in [0, 0.05) is 12.5 Å². The van der Waals surface area contributed by atoms with E-state index in [0.29, 0.717) is 5.92 Å². The van der Waals surface area contributed by atoms with Crippen molar-refractivity contribution in [1.29, 1.82) is 0 Å². The van der Waals surface area contributed by atoms with E-state index in [2.05, 4.69) is 6.92 Å². The fraction of sp³-hybridized carbons (Fsp3) is 0.600. The molecule has 0 amide bonds. The van der Waals surface area contributed by atoms with Crippen LogP contribution in [0.1, 0.15) is 30.7 Å². The number of alkyl halides is 1. The van der Waals surface area contributed by atoms with Gasteiger partial charge in [-0.2, -0.15) is 0 Å². The lowest BCUT2D eigenvalue weighted by atomic mass is 9.91. The molecule has 1 heterocycles. The molecule has 1 saturated heterocycles. The van der Waals surface area contributed by atoms with Gasteiger partial charge in [0.2, 0.25) is 0 Å². The molecule has 0 saturated carbocycles. The van der Waals surface area contributed by atoms with E-state index in [1.807, 2.05) is 18.2 Å². The van der Waals surface area contributed by atoms with Crippen LogP contribution in [-0.4, -0.2) is 26.9 Å². The van der Waals surface area contributed by atoms with Crippen LogP contribution in [0, 0.1) is 5.92 Å². The van der Waals surface area contributed by atoms with Crippen LogP contribution in [0.4, 0.5) is 0 Å². The van der Waals surface area contributed by atoms with Crippen LogP contribution >= 0.6 is 11.6 Å². The Labute approximate surface area is 119 Å². The first-order chi connectivity index (χ1) is 9.21. The van der Waals surface area contributed by atoms with E-state index in [1.54, 1.807) is 14.2 Å². The maximum atomic E-state index is 6.63. The topological polar surface area (TPSA) is 27.7 Å². The van der Waals surface area contributed by atoms with Crippen molar-refractivity contribution in [2.75, 3.05) is 20.8 Å². The van der Waals surface area contributed by atoms with Crippen molar-refractivity contribution >= 4 is 11.6 Å². The van der Waals surface area contributed by atoms with Gasteiger partial charge in [0.15, 0.2) is 11.5 Å². The van der Waals surface area contributed by atoms with E-state index in [1.165, 1.54) is 0 Å². The summed E-state index contributed by atoms with van der Waals surface area (Å²) in [6.07, 6.45) is 2.28. The third-order valence-electron chi connectivity index (χ3n) is 3.76. The third kappa shape index (κ3) is 2.98. The van der Waals surface area contributed by atoms with Crippen molar-refractivity contribution in [3.63, 3.8) is 0 Å². The molecule has 2 rings (SSSR count). The molecule has 1 aliphatic rings. The van der Waals surface area contributed by atoms with Gasteiger partial charge < -0.3 is 14.2 Å². The number of methoxy groups -OCH3 is 2. The monoisotopic (exact) mass is 284 g/mol. The first-order valence-corrected chi connectivity index (χ1v) is 7.12. The van der Waals surface area contributed by atoms with Crippen LogP contribution in [0.25, 0.3) is 0 Å². The molecule has 0 spiro atoms. The fourth-order valence-electron chi connectivity index (χ4n) is 2.69. The zero-order chi connectivity index (χ0) is 13.8. The van der Waals surface area contributed by atoms with E-state index in [9.17, 15) is 0 Å². The van der Waals surface area contributed by atoms with Gasteiger partial charge in [-0.15, -0.1) is 11.6 Å². The zero-order valence-corrected chi connectivity index (χ0v) is 12.4. The second kappa shape index (κ2) is 6.49. The second-order valence-electron chi connectivity index (χ2n) is 4.79. The minimum atomic E-state index is -0.0488. The quantitative estimate of drug-likeness (QED) is 0.770. The SMILES string of the molecule is CCC1OCCC1C(Cl)c1ccc(OC)c(OC)c1. The molecule has 0 radical (unpaired) electrons. The summed E-state index contributed by atoms with van der Waals surface area (Å²) in [6, 6.07) is 5.87. The number of halogens is 1. The van der Waals surface area contributed by atoms with E-state index < -0.39 is 0 Å². The molecule has 19 heavy (non-hydrogen) atoms. The standard InChI is InChI=1S/C15H21ClO3/c1-4-12-11(7-8-19-12)15(16)10-5-6-13(17-2)14(9-10)18-3/h5-6,9,11-12,15H,4,7-8H2,1-3H3. The summed E-state index contributed by atoms with van der Waals surface area (Å²) in [5.74, 6) is 1.81. The molecule has 1 fully saturated rings. The summed E-state index contributed by atoms with van der Waals surface area (Å²) in [6.45, 7) is 2.95. The average Bonchev–Trinajstić information content (AvgIpc) is 2.94. The molecule has 0 bridgehead atoms. The Morgan fingerprint density at radius 2 is 2.05 bits per heavy atom. The van der Waals surface area contributed by atoms with Gasteiger partial charge in [0.05, 0.1) is 25.7 Å². The van der Waals surface area contributed by atoms with Crippen LogP contribution in [0.2, 0.25) is 0 Å². The smallest absolute Gasteiger partial charge is 0.161 e. The highest BCUT2D eigenvalue weighted by Gasteiger charge is 2.33. The van der Waals surface area contributed by atoms with E-state index in [0.717, 1.165) is 36.5 Å². The van der Waals surface area contributed by atoms with Gasteiger partial charge in [-0.1, -0.05) is 13.0 Å². The lowest BCUT2D eigenvalue weighted by Crippen LogP contribution is -2.19. The normalized spacial score (nSPS) is 24.2. The van der Waals surface area contributed by atoms with Gasteiger partial charge in [0.25, 0.3) is 0 Å². The summed E-state index contributed by atoms with van der Waals surface area (Å²) in [5, 5.41) is -0.0488. The minimum absolute atomic E-state index is 0.0488. The van der Waals surface area contributed by atoms with Crippen molar-refractivity contribution in [1.82, 2.24) is 0 Å². The molecule has 0 aliphatic carbocycles. The molecule has 0 aromatic heterocycles. The van der Waals surface area contributed by atoms with Gasteiger partial charge in [-0.05, 0) is 30.5 Å². The summed E-state index contributed by atoms with van der Waals surface area (Å²) in [7, 11) is 3.27. The summed E-state index contributed by atoms with van der Waals surface area (Å²) >= 11 is 6.63. The van der Waals surface area contributed by atoms with Crippen molar-refractivity contribution in [2.45, 2.75) is 31.2 Å². The molecule has 3 unspecified atom stereocenters. The van der Waals surface area contributed by atoms with Crippen LogP contribution in [0.5, 0.6) is 11.5 Å². The molecule has 3 atom stereocenters. The van der Waals surface area contributed by atoms with Crippen LogP contribution < -0.4 is 9.47 Å². The lowest BCUT2D eigenvalue weighted by molar-refractivity contribution is 0.0864. The molecule has 0 N–H and O–H groups in total. The van der Waals surface area contributed by atoms with E-state index in [-0.39, 0.29) is 11.5 Å². The Bertz CT molecular complexity index is 422. The van der Waals surface area contributed by atoms with E-state index >= 15 is 0 Å². The molecule has 1 aromatic rings. The largest absolute Gasteiger partial charge is 0.493 e. The van der Waals surface area contributed by atoms with Gasteiger partial charge >= 0.3 is 0 Å². The first kappa shape index (κ1) is 14.5. The van der Waals surface area contributed by atoms with Gasteiger partial charge in [0.1, 0.15) is 0 Å². The van der Waals surface area contributed by atoms with Crippen molar-refractivity contribution < 1.29 is 14.2 Å².